The largest absolute Gasteiger partial charge is 0.461 e. The lowest BCUT2D eigenvalue weighted by atomic mass is 9.89. The molecule has 4 aromatic rings. The molecule has 45 heavy (non-hydrogen) atoms. The first-order valence-corrected chi connectivity index (χ1v) is 16.3. The maximum Gasteiger partial charge on any atom is 0.318 e. The molecule has 0 aliphatic carbocycles. The fourth-order valence-corrected chi connectivity index (χ4v) is 8.77. The Hall–Kier alpha value is -4.19. The summed E-state index contributed by atoms with van der Waals surface area (Å²) in [5.41, 5.74) is 3.67. The number of fused-ring (bicyclic) bond motifs is 4. The molecule has 5 aliphatic heterocycles. The summed E-state index contributed by atoms with van der Waals surface area (Å²) in [4.78, 5) is 29.3. The highest BCUT2D eigenvalue weighted by Crippen LogP contribution is 2.42. The van der Waals surface area contributed by atoms with Gasteiger partial charge in [-0.25, -0.2) is 9.18 Å². The number of alkyl halides is 1. The van der Waals surface area contributed by atoms with Crippen LogP contribution in [0.1, 0.15) is 43.4 Å². The third-order valence-corrected chi connectivity index (χ3v) is 10.9. The van der Waals surface area contributed by atoms with Gasteiger partial charge in [0.05, 0.1) is 40.7 Å². The van der Waals surface area contributed by atoms with Gasteiger partial charge >= 0.3 is 12.0 Å². The summed E-state index contributed by atoms with van der Waals surface area (Å²) >= 11 is 0. The number of piperidine rings is 1. The van der Waals surface area contributed by atoms with Gasteiger partial charge in [-0.1, -0.05) is 24.3 Å². The molecule has 2 amide bonds. The van der Waals surface area contributed by atoms with Crippen molar-refractivity contribution in [1.82, 2.24) is 35.7 Å². The summed E-state index contributed by atoms with van der Waals surface area (Å²) in [5, 5.41) is 17.1. The van der Waals surface area contributed by atoms with Gasteiger partial charge in [-0.2, -0.15) is 15.1 Å². The Bertz CT molecular complexity index is 1810. The number of ether oxygens (including phenoxy) is 1. The quantitative estimate of drug-likeness (QED) is 0.313. The maximum atomic E-state index is 14.5. The SMILES string of the molecule is O=C1NCC2(CCCN(c3nc(OC[C@@]45CCCN4C[C@H](F)C5)nc4c3CCN(c3c5ccccc5cc5[nH]ncc35)C4)C2)N1. The second-order valence-corrected chi connectivity index (χ2v) is 13.7. The van der Waals surface area contributed by atoms with Gasteiger partial charge in [0.1, 0.15) is 18.6 Å². The Balaban J connectivity index is 1.09. The van der Waals surface area contributed by atoms with Gasteiger partial charge in [-0.15, -0.1) is 0 Å². The molecule has 4 saturated heterocycles. The van der Waals surface area contributed by atoms with Crippen molar-refractivity contribution in [3.8, 4) is 6.01 Å². The average Bonchev–Trinajstić information content (AvgIpc) is 3.82. The number of hydrogen-bond donors (Lipinski definition) is 3. The maximum absolute atomic E-state index is 14.5. The molecule has 4 fully saturated rings. The molecular weight excluding hydrogens is 573 g/mol. The monoisotopic (exact) mass is 611 g/mol. The van der Waals surface area contributed by atoms with Crippen molar-refractivity contribution in [2.75, 3.05) is 55.7 Å². The lowest BCUT2D eigenvalue weighted by Crippen LogP contribution is -2.56. The Labute approximate surface area is 260 Å². The lowest BCUT2D eigenvalue weighted by Gasteiger charge is -2.41. The van der Waals surface area contributed by atoms with Crippen LogP contribution in [0.2, 0.25) is 0 Å². The number of halogens is 1. The molecule has 1 spiro atoms. The summed E-state index contributed by atoms with van der Waals surface area (Å²) in [6, 6.07) is 10.9. The second-order valence-electron chi connectivity index (χ2n) is 13.7. The standard InChI is InChI=1S/C33H38FN9O2/c34-22-14-33(9-4-11-43(33)16-22)20-45-31-37-27-17-41(28-23-6-2-1-5-21(23)13-26-25(28)15-36-40-26)12-7-24(27)29(38-31)42-10-3-8-32(19-42)18-35-30(44)39-32/h1-2,5-6,13,15,22H,3-4,7-12,14,16-20H2,(H,36,40)(H2,35,39,44)/t22-,32?,33+/m1/s1. The number of benzene rings is 2. The van der Waals surface area contributed by atoms with Crippen LogP contribution >= 0.6 is 0 Å². The average molecular weight is 612 g/mol. The number of anilines is 2. The van der Waals surface area contributed by atoms with Crippen molar-refractivity contribution >= 4 is 39.2 Å². The second kappa shape index (κ2) is 10.2. The van der Waals surface area contributed by atoms with Crippen LogP contribution in [0.25, 0.3) is 21.7 Å². The first-order valence-electron chi connectivity index (χ1n) is 16.3. The van der Waals surface area contributed by atoms with Crippen LogP contribution in [0.5, 0.6) is 6.01 Å². The van der Waals surface area contributed by atoms with Crippen LogP contribution in [0.15, 0.2) is 36.5 Å². The summed E-state index contributed by atoms with van der Waals surface area (Å²) in [6.07, 6.45) is 6.25. The number of aromatic amines is 1. The highest BCUT2D eigenvalue weighted by molar-refractivity contribution is 6.10. The van der Waals surface area contributed by atoms with Gasteiger partial charge < -0.3 is 25.2 Å². The van der Waals surface area contributed by atoms with Crippen molar-refractivity contribution in [2.45, 2.75) is 62.3 Å². The first kappa shape index (κ1) is 27.1. The number of nitrogens with one attached hydrogen (secondary N) is 3. The van der Waals surface area contributed by atoms with Crippen LogP contribution in [-0.4, -0.2) is 94.2 Å². The molecule has 234 valence electrons. The Kier molecular flexibility index (Phi) is 6.13. The number of urea groups is 1. The molecule has 3 atom stereocenters. The van der Waals surface area contributed by atoms with Crippen molar-refractivity contribution < 1.29 is 13.9 Å². The molecule has 3 N–H and O–H groups in total. The molecule has 9 rings (SSSR count). The molecule has 12 heteroatoms. The number of H-pyrrole nitrogens is 1. The van der Waals surface area contributed by atoms with E-state index in [1.54, 1.807) is 0 Å². The number of hydrogen-bond acceptors (Lipinski definition) is 8. The smallest absolute Gasteiger partial charge is 0.318 e. The van der Waals surface area contributed by atoms with Crippen LogP contribution in [0.3, 0.4) is 0 Å². The van der Waals surface area contributed by atoms with Crippen LogP contribution < -0.4 is 25.2 Å². The van der Waals surface area contributed by atoms with E-state index in [1.165, 1.54) is 5.39 Å². The van der Waals surface area contributed by atoms with E-state index in [-0.39, 0.29) is 17.1 Å². The van der Waals surface area contributed by atoms with Gasteiger partial charge in [-0.05, 0) is 50.1 Å². The number of carbonyl (C=O) groups is 1. The van der Waals surface area contributed by atoms with Crippen molar-refractivity contribution in [3.63, 3.8) is 0 Å². The number of carbonyl (C=O) groups excluding carboxylic acids is 1. The zero-order chi connectivity index (χ0) is 30.2. The molecule has 5 aliphatic rings. The van der Waals surface area contributed by atoms with E-state index < -0.39 is 6.17 Å². The summed E-state index contributed by atoms with van der Waals surface area (Å²) in [7, 11) is 0. The third kappa shape index (κ3) is 4.47. The highest BCUT2D eigenvalue weighted by atomic mass is 19.1. The van der Waals surface area contributed by atoms with Crippen molar-refractivity contribution in [2.24, 2.45) is 0 Å². The van der Waals surface area contributed by atoms with Gasteiger partial charge in [0.2, 0.25) is 0 Å². The summed E-state index contributed by atoms with van der Waals surface area (Å²) in [6.45, 7) is 5.34. The first-order chi connectivity index (χ1) is 22.0. The van der Waals surface area contributed by atoms with Crippen molar-refractivity contribution in [3.05, 3.63) is 47.8 Å². The van der Waals surface area contributed by atoms with Crippen molar-refractivity contribution in [1.29, 1.82) is 0 Å². The Morgan fingerprint density at radius 1 is 1.07 bits per heavy atom. The molecule has 1 unspecified atom stereocenters. The van der Waals surface area contributed by atoms with Gasteiger partial charge in [0.25, 0.3) is 0 Å². The van der Waals surface area contributed by atoms with Crippen LogP contribution in [-0.2, 0) is 13.0 Å². The van der Waals surface area contributed by atoms with E-state index in [4.69, 9.17) is 14.7 Å². The topological polar surface area (TPSA) is 115 Å². The minimum Gasteiger partial charge on any atom is -0.461 e. The highest BCUT2D eigenvalue weighted by Gasteiger charge is 2.49. The molecule has 0 saturated carbocycles. The number of nitrogens with zero attached hydrogens (tertiary/aromatic N) is 6. The Morgan fingerprint density at radius 3 is 2.89 bits per heavy atom. The number of rotatable bonds is 5. The zero-order valence-corrected chi connectivity index (χ0v) is 25.3. The molecular formula is C33H38FN9O2. The van der Waals surface area contributed by atoms with E-state index >= 15 is 0 Å². The number of amides is 2. The predicted molar refractivity (Wildman–Crippen MR) is 170 cm³/mol. The fraction of sp³-hybridized carbons (Fsp3) is 0.515. The van der Waals surface area contributed by atoms with Crippen LogP contribution in [0, 0.1) is 0 Å². The molecule has 7 heterocycles. The lowest BCUT2D eigenvalue weighted by molar-refractivity contribution is 0.107. The molecule has 2 aromatic heterocycles. The van der Waals surface area contributed by atoms with Gasteiger partial charge in [-0.3, -0.25) is 10.00 Å². The molecule has 11 nitrogen and oxygen atoms in total. The molecule has 0 bridgehead atoms. The zero-order valence-electron chi connectivity index (χ0n) is 25.3. The molecule has 2 aromatic carbocycles. The van der Waals surface area contributed by atoms with E-state index in [0.717, 1.165) is 90.8 Å². The predicted octanol–water partition coefficient (Wildman–Crippen LogP) is 3.68. The van der Waals surface area contributed by atoms with Gasteiger partial charge in [0, 0.05) is 55.5 Å². The van der Waals surface area contributed by atoms with Gasteiger partial charge in [0.15, 0.2) is 0 Å². The summed E-state index contributed by atoms with van der Waals surface area (Å²) in [5.74, 6) is 0.900. The molecule has 0 radical (unpaired) electrons. The van der Waals surface area contributed by atoms with E-state index in [0.29, 0.717) is 45.2 Å². The Morgan fingerprint density at radius 2 is 1.98 bits per heavy atom. The van der Waals surface area contributed by atoms with E-state index in [2.05, 4.69) is 65.9 Å². The third-order valence-electron chi connectivity index (χ3n) is 10.9. The summed E-state index contributed by atoms with van der Waals surface area (Å²) < 4.78 is 21.0. The fourth-order valence-electron chi connectivity index (χ4n) is 8.77. The van der Waals surface area contributed by atoms with E-state index in [9.17, 15) is 9.18 Å². The normalized spacial score (nSPS) is 28.1. The van der Waals surface area contributed by atoms with E-state index in [1.807, 2.05) is 6.20 Å². The minimum atomic E-state index is -0.817. The van der Waals surface area contributed by atoms with Crippen LogP contribution in [0.4, 0.5) is 20.7 Å². The minimum absolute atomic E-state index is 0.106. The number of aromatic nitrogens is 4.